The molecule has 2 aromatic rings. The van der Waals surface area contributed by atoms with Gasteiger partial charge >= 0.3 is 0 Å². The molecule has 1 aliphatic carbocycles. The van der Waals surface area contributed by atoms with Gasteiger partial charge < -0.3 is 10.6 Å². The molecule has 2 aromatic carbocycles. The van der Waals surface area contributed by atoms with Crippen LogP contribution >= 0.6 is 15.9 Å². The zero-order valence-electron chi connectivity index (χ0n) is 13.2. The van der Waals surface area contributed by atoms with Crippen molar-refractivity contribution in [2.75, 3.05) is 5.32 Å². The van der Waals surface area contributed by atoms with Crippen molar-refractivity contribution in [2.24, 2.45) is 0 Å². The number of anilines is 1. The van der Waals surface area contributed by atoms with E-state index in [1.54, 1.807) is 24.3 Å². The molecular weight excluding hydrogens is 368 g/mol. The summed E-state index contributed by atoms with van der Waals surface area (Å²) in [6.07, 6.45) is 4.47. The lowest BCUT2D eigenvalue weighted by molar-refractivity contribution is 0.0936. The van der Waals surface area contributed by atoms with Crippen LogP contribution in [0, 0.1) is 0 Å². The predicted molar refractivity (Wildman–Crippen MR) is 98.3 cm³/mol. The van der Waals surface area contributed by atoms with Gasteiger partial charge in [-0.3, -0.25) is 9.59 Å². The van der Waals surface area contributed by atoms with E-state index >= 15 is 0 Å². The van der Waals surface area contributed by atoms with E-state index in [9.17, 15) is 9.59 Å². The third-order valence-electron chi connectivity index (χ3n) is 4.22. The van der Waals surface area contributed by atoms with Gasteiger partial charge in [-0.1, -0.05) is 25.0 Å². The van der Waals surface area contributed by atoms with E-state index in [0.717, 1.165) is 17.3 Å². The van der Waals surface area contributed by atoms with Gasteiger partial charge in [0.2, 0.25) is 0 Å². The molecule has 0 heterocycles. The number of rotatable bonds is 4. The Morgan fingerprint density at radius 2 is 1.46 bits per heavy atom. The Hall–Kier alpha value is -2.14. The molecule has 5 heteroatoms. The Balaban J connectivity index is 1.64. The van der Waals surface area contributed by atoms with Crippen molar-refractivity contribution in [1.82, 2.24) is 5.32 Å². The van der Waals surface area contributed by atoms with Crippen LogP contribution in [0.1, 0.15) is 46.4 Å². The van der Waals surface area contributed by atoms with Crippen LogP contribution in [0.25, 0.3) is 0 Å². The molecule has 0 saturated heterocycles. The second-order valence-electron chi connectivity index (χ2n) is 5.97. The maximum atomic E-state index is 12.3. The fourth-order valence-electron chi connectivity index (χ4n) is 2.87. The van der Waals surface area contributed by atoms with Crippen LogP contribution in [0.5, 0.6) is 0 Å². The molecule has 0 atom stereocenters. The zero-order valence-corrected chi connectivity index (χ0v) is 14.8. The molecule has 1 fully saturated rings. The van der Waals surface area contributed by atoms with Gasteiger partial charge in [0.05, 0.1) is 5.69 Å². The van der Waals surface area contributed by atoms with Crippen molar-refractivity contribution in [3.05, 3.63) is 64.1 Å². The smallest absolute Gasteiger partial charge is 0.255 e. The van der Waals surface area contributed by atoms with Crippen LogP contribution in [-0.2, 0) is 0 Å². The number of para-hydroxylation sites is 1. The molecule has 1 saturated carbocycles. The minimum Gasteiger partial charge on any atom is -0.349 e. The highest BCUT2D eigenvalue weighted by Gasteiger charge is 2.18. The molecule has 0 spiro atoms. The Morgan fingerprint density at radius 3 is 2.08 bits per heavy atom. The lowest BCUT2D eigenvalue weighted by Gasteiger charge is -2.12. The molecule has 0 unspecified atom stereocenters. The van der Waals surface area contributed by atoms with E-state index in [1.807, 2.05) is 24.3 Å². The van der Waals surface area contributed by atoms with E-state index < -0.39 is 0 Å². The maximum absolute atomic E-state index is 12.3. The molecule has 2 N–H and O–H groups in total. The molecule has 124 valence electrons. The first-order chi connectivity index (χ1) is 11.6. The monoisotopic (exact) mass is 386 g/mol. The standard InChI is InChI=1S/C19H19BrN2O2/c20-16-7-3-4-8-17(16)22-19(24)14-11-9-13(10-12-14)18(23)21-15-5-1-2-6-15/h3-4,7-12,15H,1-2,5-6H2,(H,21,23)(H,22,24). The fraction of sp³-hybridized carbons (Fsp3) is 0.263. The van der Waals surface area contributed by atoms with E-state index in [0.29, 0.717) is 16.8 Å². The van der Waals surface area contributed by atoms with Gasteiger partial charge in [-0.2, -0.15) is 0 Å². The van der Waals surface area contributed by atoms with E-state index in [1.165, 1.54) is 12.8 Å². The molecule has 0 radical (unpaired) electrons. The number of benzene rings is 2. The highest BCUT2D eigenvalue weighted by molar-refractivity contribution is 9.10. The summed E-state index contributed by atoms with van der Waals surface area (Å²) in [6, 6.07) is 14.5. The Morgan fingerprint density at radius 1 is 0.875 bits per heavy atom. The molecule has 0 aromatic heterocycles. The van der Waals surface area contributed by atoms with Gasteiger partial charge in [0.25, 0.3) is 11.8 Å². The Labute approximate surface area is 149 Å². The van der Waals surface area contributed by atoms with Crippen LogP contribution in [0.4, 0.5) is 5.69 Å². The summed E-state index contributed by atoms with van der Waals surface area (Å²) >= 11 is 3.40. The highest BCUT2D eigenvalue weighted by Crippen LogP contribution is 2.22. The quantitative estimate of drug-likeness (QED) is 0.819. The molecule has 3 rings (SSSR count). The average molecular weight is 387 g/mol. The van der Waals surface area contributed by atoms with Gasteiger partial charge in [0.1, 0.15) is 0 Å². The van der Waals surface area contributed by atoms with Gasteiger partial charge in [-0.05, 0) is 65.2 Å². The summed E-state index contributed by atoms with van der Waals surface area (Å²) < 4.78 is 0.825. The van der Waals surface area contributed by atoms with Gasteiger partial charge in [-0.25, -0.2) is 0 Å². The van der Waals surface area contributed by atoms with Crippen LogP contribution in [-0.4, -0.2) is 17.9 Å². The minimum absolute atomic E-state index is 0.0698. The second-order valence-corrected chi connectivity index (χ2v) is 6.82. The number of halogens is 1. The Kier molecular flexibility index (Phi) is 5.30. The average Bonchev–Trinajstić information content (AvgIpc) is 3.10. The number of hydrogen-bond donors (Lipinski definition) is 2. The zero-order chi connectivity index (χ0) is 16.9. The molecule has 2 amide bonds. The summed E-state index contributed by atoms with van der Waals surface area (Å²) in [5.41, 5.74) is 1.81. The molecular formula is C19H19BrN2O2. The van der Waals surface area contributed by atoms with Crippen molar-refractivity contribution in [1.29, 1.82) is 0 Å². The molecule has 1 aliphatic rings. The fourth-order valence-corrected chi connectivity index (χ4v) is 3.25. The largest absolute Gasteiger partial charge is 0.349 e. The van der Waals surface area contributed by atoms with Gasteiger partial charge in [0, 0.05) is 21.6 Å². The van der Waals surface area contributed by atoms with Crippen molar-refractivity contribution in [3.63, 3.8) is 0 Å². The minimum atomic E-state index is -0.204. The third kappa shape index (κ3) is 4.03. The first kappa shape index (κ1) is 16.7. The van der Waals surface area contributed by atoms with Crippen molar-refractivity contribution in [3.8, 4) is 0 Å². The number of carbonyl (C=O) groups is 2. The summed E-state index contributed by atoms with van der Waals surface area (Å²) in [6.45, 7) is 0. The van der Waals surface area contributed by atoms with E-state index in [4.69, 9.17) is 0 Å². The lowest BCUT2D eigenvalue weighted by atomic mass is 10.1. The van der Waals surface area contributed by atoms with Crippen molar-refractivity contribution >= 4 is 33.4 Å². The summed E-state index contributed by atoms with van der Waals surface area (Å²) in [4.78, 5) is 24.5. The topological polar surface area (TPSA) is 58.2 Å². The predicted octanol–water partition coefficient (Wildman–Crippen LogP) is 4.37. The molecule has 0 bridgehead atoms. The summed E-state index contributed by atoms with van der Waals surface area (Å²) in [7, 11) is 0. The highest BCUT2D eigenvalue weighted by atomic mass is 79.9. The van der Waals surface area contributed by atoms with Crippen LogP contribution in [0.3, 0.4) is 0 Å². The van der Waals surface area contributed by atoms with Crippen molar-refractivity contribution in [2.45, 2.75) is 31.7 Å². The number of amides is 2. The summed E-state index contributed by atoms with van der Waals surface area (Å²) in [5, 5.41) is 5.89. The first-order valence-corrected chi connectivity index (χ1v) is 8.89. The van der Waals surface area contributed by atoms with Crippen LogP contribution < -0.4 is 10.6 Å². The normalized spacial score (nSPS) is 14.4. The maximum Gasteiger partial charge on any atom is 0.255 e. The lowest BCUT2D eigenvalue weighted by Crippen LogP contribution is -2.32. The third-order valence-corrected chi connectivity index (χ3v) is 4.91. The van der Waals surface area contributed by atoms with Crippen molar-refractivity contribution < 1.29 is 9.59 Å². The molecule has 0 aliphatic heterocycles. The van der Waals surface area contributed by atoms with E-state index in [2.05, 4.69) is 26.6 Å². The number of nitrogens with one attached hydrogen (secondary N) is 2. The van der Waals surface area contributed by atoms with Crippen LogP contribution in [0.15, 0.2) is 53.0 Å². The van der Waals surface area contributed by atoms with Gasteiger partial charge in [0.15, 0.2) is 0 Å². The SMILES string of the molecule is O=C(Nc1ccccc1Br)c1ccc(C(=O)NC2CCCC2)cc1. The van der Waals surface area contributed by atoms with Crippen LogP contribution in [0.2, 0.25) is 0 Å². The number of hydrogen-bond acceptors (Lipinski definition) is 2. The summed E-state index contributed by atoms with van der Waals surface area (Å²) in [5.74, 6) is -0.274. The molecule has 24 heavy (non-hydrogen) atoms. The Bertz CT molecular complexity index is 737. The second kappa shape index (κ2) is 7.62. The van der Waals surface area contributed by atoms with Gasteiger partial charge in [-0.15, -0.1) is 0 Å². The first-order valence-electron chi connectivity index (χ1n) is 8.10. The number of carbonyl (C=O) groups excluding carboxylic acids is 2. The molecule has 4 nitrogen and oxygen atoms in total. The van der Waals surface area contributed by atoms with E-state index in [-0.39, 0.29) is 17.9 Å².